The number of benzene rings is 1. The molecule has 0 aliphatic carbocycles. The number of likely N-dealkylation sites (N-methyl/N-ethyl adjacent to an activating group) is 1. The Bertz CT molecular complexity index is 912. The van der Waals surface area contributed by atoms with Gasteiger partial charge in [0.2, 0.25) is 0 Å². The van der Waals surface area contributed by atoms with Crippen molar-refractivity contribution in [2.45, 2.75) is 13.8 Å². The lowest BCUT2D eigenvalue weighted by atomic mass is 10.0. The normalized spacial score (nSPS) is 16.1. The molecule has 128 valence electrons. The number of thioether (sulfide) groups is 1. The molecule has 1 saturated heterocycles. The fourth-order valence-corrected chi connectivity index (χ4v) is 3.48. The van der Waals surface area contributed by atoms with Crippen LogP contribution in [0.2, 0.25) is 0 Å². The molecule has 0 saturated carbocycles. The van der Waals surface area contributed by atoms with Crippen LogP contribution in [0.5, 0.6) is 0 Å². The van der Waals surface area contributed by atoms with Gasteiger partial charge in [-0.1, -0.05) is 18.2 Å². The minimum absolute atomic E-state index is 0.0968. The first kappa shape index (κ1) is 17.0. The first-order chi connectivity index (χ1) is 11.9. The van der Waals surface area contributed by atoms with Crippen LogP contribution in [0.3, 0.4) is 0 Å². The predicted octanol–water partition coefficient (Wildman–Crippen LogP) is 2.67. The molecule has 1 fully saturated rings. The van der Waals surface area contributed by atoms with E-state index in [1.165, 1.54) is 12.1 Å². The highest BCUT2D eigenvalue weighted by Crippen LogP contribution is 2.33. The third kappa shape index (κ3) is 3.10. The lowest BCUT2D eigenvalue weighted by Crippen LogP contribution is -2.27. The van der Waals surface area contributed by atoms with Gasteiger partial charge < -0.3 is 14.3 Å². The SMILES string of the molecule is CCN1C(=O)SC(=Cc2ccc(-c3cccc(C(=O)[O-])c3C)o2)C1=O. The smallest absolute Gasteiger partial charge is 0.293 e. The number of carboxylic acid groups (broad SMARTS) is 1. The van der Waals surface area contributed by atoms with Crippen molar-refractivity contribution in [3.63, 3.8) is 0 Å². The Morgan fingerprint density at radius 1 is 1.28 bits per heavy atom. The molecule has 2 heterocycles. The molecule has 0 unspecified atom stereocenters. The van der Waals surface area contributed by atoms with Gasteiger partial charge in [0.25, 0.3) is 11.1 Å². The average Bonchev–Trinajstić information content (AvgIpc) is 3.12. The average molecular weight is 356 g/mol. The van der Waals surface area contributed by atoms with E-state index in [9.17, 15) is 19.5 Å². The lowest BCUT2D eigenvalue weighted by molar-refractivity contribution is -0.255. The molecule has 6 nitrogen and oxygen atoms in total. The summed E-state index contributed by atoms with van der Waals surface area (Å²) in [4.78, 5) is 36.4. The lowest BCUT2D eigenvalue weighted by Gasteiger charge is -2.10. The van der Waals surface area contributed by atoms with Gasteiger partial charge in [-0.15, -0.1) is 0 Å². The zero-order valence-electron chi connectivity index (χ0n) is 13.6. The van der Waals surface area contributed by atoms with Crippen LogP contribution >= 0.6 is 11.8 Å². The maximum absolute atomic E-state index is 12.1. The Kier molecular flexibility index (Phi) is 4.50. The largest absolute Gasteiger partial charge is 0.545 e. The highest BCUT2D eigenvalue weighted by Gasteiger charge is 2.33. The van der Waals surface area contributed by atoms with Crippen LogP contribution < -0.4 is 5.11 Å². The Balaban J connectivity index is 1.93. The van der Waals surface area contributed by atoms with Crippen molar-refractivity contribution in [1.29, 1.82) is 0 Å². The van der Waals surface area contributed by atoms with Crippen LogP contribution in [-0.4, -0.2) is 28.6 Å². The molecule has 3 rings (SSSR count). The third-order valence-corrected chi connectivity index (χ3v) is 4.82. The predicted molar refractivity (Wildman–Crippen MR) is 91.6 cm³/mol. The van der Waals surface area contributed by atoms with Crippen molar-refractivity contribution < 1.29 is 23.9 Å². The fraction of sp³-hybridized carbons (Fsp3) is 0.167. The summed E-state index contributed by atoms with van der Waals surface area (Å²) in [5.41, 5.74) is 1.26. The molecule has 7 heteroatoms. The molecule has 1 aromatic heterocycles. The van der Waals surface area contributed by atoms with Crippen LogP contribution in [0, 0.1) is 6.92 Å². The van der Waals surface area contributed by atoms with Crippen molar-refractivity contribution in [2.24, 2.45) is 0 Å². The van der Waals surface area contributed by atoms with Gasteiger partial charge in [-0.3, -0.25) is 14.5 Å². The van der Waals surface area contributed by atoms with Gasteiger partial charge in [0.15, 0.2) is 0 Å². The summed E-state index contributed by atoms with van der Waals surface area (Å²) in [5.74, 6) is -0.707. The highest BCUT2D eigenvalue weighted by molar-refractivity contribution is 8.18. The molecule has 25 heavy (non-hydrogen) atoms. The topological polar surface area (TPSA) is 90.7 Å². The summed E-state index contributed by atoms with van der Waals surface area (Å²) in [6.07, 6.45) is 1.52. The van der Waals surface area contributed by atoms with Gasteiger partial charge in [0, 0.05) is 23.7 Å². The second kappa shape index (κ2) is 6.60. The molecule has 0 N–H and O–H groups in total. The second-order valence-corrected chi connectivity index (χ2v) is 6.39. The number of nitrogens with zero attached hydrogens (tertiary/aromatic N) is 1. The Hall–Kier alpha value is -2.80. The molecule has 2 amide bonds. The molecule has 1 aliphatic heterocycles. The van der Waals surface area contributed by atoms with Crippen molar-refractivity contribution in [2.75, 3.05) is 6.54 Å². The van der Waals surface area contributed by atoms with Crippen molar-refractivity contribution in [3.8, 4) is 11.3 Å². The number of hydrogen-bond donors (Lipinski definition) is 0. The van der Waals surface area contributed by atoms with E-state index in [1.807, 2.05) is 0 Å². The van der Waals surface area contributed by atoms with Crippen LogP contribution in [0.15, 0.2) is 39.7 Å². The molecule has 0 bridgehead atoms. The molecule has 0 spiro atoms. The van der Waals surface area contributed by atoms with Gasteiger partial charge in [-0.2, -0.15) is 0 Å². The molecule has 0 radical (unpaired) electrons. The van der Waals surface area contributed by atoms with Gasteiger partial charge in [-0.05, 0) is 43.3 Å². The quantitative estimate of drug-likeness (QED) is 0.782. The Morgan fingerprint density at radius 2 is 2.04 bits per heavy atom. The van der Waals surface area contributed by atoms with E-state index in [-0.39, 0.29) is 16.7 Å². The molecular formula is C18H14NO5S-. The number of rotatable bonds is 4. The zero-order chi connectivity index (χ0) is 18.1. The summed E-state index contributed by atoms with van der Waals surface area (Å²) in [6.45, 7) is 3.73. The number of imide groups is 1. The Labute approximate surface area is 148 Å². The van der Waals surface area contributed by atoms with Crippen LogP contribution in [0.4, 0.5) is 4.79 Å². The minimum Gasteiger partial charge on any atom is -0.545 e. The number of carbonyl (C=O) groups excluding carboxylic acids is 3. The summed E-state index contributed by atoms with van der Waals surface area (Å²) in [6, 6.07) is 8.19. The van der Waals surface area contributed by atoms with Crippen LogP contribution in [0.25, 0.3) is 17.4 Å². The number of aromatic carboxylic acids is 1. The summed E-state index contributed by atoms with van der Waals surface area (Å²) in [7, 11) is 0. The van der Waals surface area contributed by atoms with E-state index in [0.29, 0.717) is 34.1 Å². The van der Waals surface area contributed by atoms with Crippen LogP contribution in [-0.2, 0) is 4.79 Å². The summed E-state index contributed by atoms with van der Waals surface area (Å²) >= 11 is 0.868. The highest BCUT2D eigenvalue weighted by atomic mass is 32.2. The van der Waals surface area contributed by atoms with E-state index < -0.39 is 5.97 Å². The standard InChI is InChI=1S/C18H15NO5S/c1-3-19-16(20)15(25-18(19)23)9-11-7-8-14(24-11)12-5-4-6-13(10(12)2)17(21)22/h4-9H,3H2,1-2H3,(H,21,22)/p-1. The third-order valence-electron chi connectivity index (χ3n) is 3.91. The maximum atomic E-state index is 12.1. The number of furan rings is 1. The van der Waals surface area contributed by atoms with E-state index in [4.69, 9.17) is 4.42 Å². The van der Waals surface area contributed by atoms with E-state index in [2.05, 4.69) is 0 Å². The molecule has 0 atom stereocenters. The molecular weight excluding hydrogens is 342 g/mol. The van der Waals surface area contributed by atoms with Gasteiger partial charge in [-0.25, -0.2) is 0 Å². The van der Waals surface area contributed by atoms with Gasteiger partial charge in [0.05, 0.1) is 10.9 Å². The van der Waals surface area contributed by atoms with Crippen molar-refractivity contribution in [3.05, 3.63) is 52.1 Å². The summed E-state index contributed by atoms with van der Waals surface area (Å²) in [5, 5.41) is 10.8. The van der Waals surface area contributed by atoms with Gasteiger partial charge >= 0.3 is 0 Å². The van der Waals surface area contributed by atoms with E-state index in [1.54, 1.807) is 38.1 Å². The fourth-order valence-electron chi connectivity index (χ4n) is 2.60. The maximum Gasteiger partial charge on any atom is 0.293 e. The summed E-state index contributed by atoms with van der Waals surface area (Å²) < 4.78 is 5.71. The number of hydrogen-bond acceptors (Lipinski definition) is 6. The zero-order valence-corrected chi connectivity index (χ0v) is 14.4. The molecule has 1 aliphatic rings. The van der Waals surface area contributed by atoms with Crippen molar-refractivity contribution >= 4 is 35.0 Å². The second-order valence-electron chi connectivity index (χ2n) is 5.39. The van der Waals surface area contributed by atoms with Crippen LogP contribution in [0.1, 0.15) is 28.6 Å². The van der Waals surface area contributed by atoms with Crippen molar-refractivity contribution in [1.82, 2.24) is 4.90 Å². The first-order valence-electron chi connectivity index (χ1n) is 7.59. The molecule has 1 aromatic carbocycles. The Morgan fingerprint density at radius 3 is 2.68 bits per heavy atom. The van der Waals surface area contributed by atoms with E-state index >= 15 is 0 Å². The first-order valence-corrected chi connectivity index (χ1v) is 8.40. The molecule has 2 aromatic rings. The monoisotopic (exact) mass is 356 g/mol. The number of carboxylic acids is 1. The minimum atomic E-state index is -1.25. The number of amides is 2. The van der Waals surface area contributed by atoms with E-state index in [0.717, 1.165) is 16.7 Å². The van der Waals surface area contributed by atoms with Gasteiger partial charge in [0.1, 0.15) is 11.5 Å². The number of carbonyl (C=O) groups is 3.